The van der Waals surface area contributed by atoms with Gasteiger partial charge >= 0.3 is 5.82 Å². The molecule has 0 fully saturated rings. The van der Waals surface area contributed by atoms with E-state index in [4.69, 9.17) is 11.6 Å². The highest BCUT2D eigenvalue weighted by Gasteiger charge is 2.22. The molecule has 0 aliphatic carbocycles. The summed E-state index contributed by atoms with van der Waals surface area (Å²) >= 11 is 9.23. The lowest BCUT2D eigenvalue weighted by molar-refractivity contribution is -0.390. The fourth-order valence-electron chi connectivity index (χ4n) is 1.76. The molecule has 0 bridgehead atoms. The summed E-state index contributed by atoms with van der Waals surface area (Å²) in [6.07, 6.45) is -0.179. The Balaban J connectivity index is 2.30. The molecular formula is C12H9BrClN3O3. The SMILES string of the molecule is Cc1nc(CC(=O)c2ccc(Br)cc2Cl)c([N+](=O)[O-])[nH]1. The summed E-state index contributed by atoms with van der Waals surface area (Å²) in [6.45, 7) is 1.59. The summed E-state index contributed by atoms with van der Waals surface area (Å²) in [6, 6.07) is 4.85. The summed E-state index contributed by atoms with van der Waals surface area (Å²) in [5, 5.41) is 11.1. The van der Waals surface area contributed by atoms with Gasteiger partial charge in [-0.15, -0.1) is 0 Å². The molecule has 0 aliphatic heterocycles. The maximum absolute atomic E-state index is 12.2. The maximum Gasteiger partial charge on any atom is 0.344 e. The van der Waals surface area contributed by atoms with E-state index in [1.165, 1.54) is 0 Å². The smallest absolute Gasteiger partial charge is 0.344 e. The number of aromatic amines is 1. The molecule has 8 heteroatoms. The Kier molecular flexibility index (Phi) is 4.20. The largest absolute Gasteiger partial charge is 0.358 e. The Morgan fingerprint density at radius 3 is 2.85 bits per heavy atom. The molecule has 0 saturated heterocycles. The summed E-state index contributed by atoms with van der Waals surface area (Å²) in [5.74, 6) is -0.192. The first-order valence-corrected chi connectivity index (χ1v) is 6.73. The molecule has 1 heterocycles. The van der Waals surface area contributed by atoms with Crippen molar-refractivity contribution in [3.8, 4) is 0 Å². The van der Waals surface area contributed by atoms with Gasteiger partial charge in [-0.2, -0.15) is 0 Å². The zero-order valence-electron chi connectivity index (χ0n) is 10.3. The van der Waals surface area contributed by atoms with Gasteiger partial charge in [0.25, 0.3) is 0 Å². The minimum atomic E-state index is -0.591. The molecule has 1 N–H and O–H groups in total. The van der Waals surface area contributed by atoms with Crippen LogP contribution in [-0.2, 0) is 6.42 Å². The van der Waals surface area contributed by atoms with Gasteiger partial charge in [0.05, 0.1) is 11.4 Å². The van der Waals surface area contributed by atoms with Crippen LogP contribution in [0.25, 0.3) is 0 Å². The molecule has 6 nitrogen and oxygen atoms in total. The van der Waals surface area contributed by atoms with Gasteiger partial charge in [0.15, 0.2) is 11.6 Å². The number of aromatic nitrogens is 2. The molecule has 0 atom stereocenters. The van der Waals surface area contributed by atoms with Gasteiger partial charge in [-0.25, -0.2) is 9.97 Å². The third kappa shape index (κ3) is 3.05. The molecule has 20 heavy (non-hydrogen) atoms. The zero-order valence-corrected chi connectivity index (χ0v) is 12.7. The van der Waals surface area contributed by atoms with E-state index in [0.29, 0.717) is 16.4 Å². The summed E-state index contributed by atoms with van der Waals surface area (Å²) in [5.41, 5.74) is 0.418. The van der Waals surface area contributed by atoms with Crippen molar-refractivity contribution in [1.82, 2.24) is 9.97 Å². The number of imidazole rings is 1. The predicted octanol–water partition coefficient (Wildman–Crippen LogP) is 3.47. The van der Waals surface area contributed by atoms with Gasteiger partial charge in [0.1, 0.15) is 5.69 Å². The highest BCUT2D eigenvalue weighted by molar-refractivity contribution is 9.10. The van der Waals surface area contributed by atoms with Crippen molar-refractivity contribution >= 4 is 39.1 Å². The number of rotatable bonds is 4. The van der Waals surface area contributed by atoms with Crippen LogP contribution in [0.15, 0.2) is 22.7 Å². The number of hydrogen-bond acceptors (Lipinski definition) is 4. The quantitative estimate of drug-likeness (QED) is 0.515. The van der Waals surface area contributed by atoms with E-state index < -0.39 is 4.92 Å². The molecule has 0 spiro atoms. The number of hydrogen-bond donors (Lipinski definition) is 1. The fourth-order valence-corrected chi connectivity index (χ4v) is 2.54. The van der Waals surface area contributed by atoms with Gasteiger partial charge in [-0.1, -0.05) is 27.5 Å². The minimum Gasteiger partial charge on any atom is -0.358 e. The van der Waals surface area contributed by atoms with E-state index in [1.807, 2.05) is 0 Å². The second-order valence-corrected chi connectivity index (χ2v) is 5.42. The van der Waals surface area contributed by atoms with Gasteiger partial charge < -0.3 is 10.1 Å². The van der Waals surface area contributed by atoms with Crippen molar-refractivity contribution in [2.24, 2.45) is 0 Å². The van der Waals surface area contributed by atoms with Crippen LogP contribution in [0.3, 0.4) is 0 Å². The molecule has 0 aliphatic rings. The van der Waals surface area contributed by atoms with E-state index in [2.05, 4.69) is 25.9 Å². The zero-order chi connectivity index (χ0) is 14.9. The number of nitrogens with zero attached hydrogens (tertiary/aromatic N) is 2. The lowest BCUT2D eigenvalue weighted by Gasteiger charge is -2.03. The molecular weight excluding hydrogens is 350 g/mol. The van der Waals surface area contributed by atoms with Crippen LogP contribution in [0, 0.1) is 17.0 Å². The van der Waals surface area contributed by atoms with E-state index in [-0.39, 0.29) is 23.7 Å². The third-order valence-electron chi connectivity index (χ3n) is 2.62. The normalized spacial score (nSPS) is 10.6. The van der Waals surface area contributed by atoms with Crippen LogP contribution in [0.4, 0.5) is 5.82 Å². The molecule has 0 amide bonds. The first-order chi connectivity index (χ1) is 9.38. The summed E-state index contributed by atoms with van der Waals surface area (Å²) < 4.78 is 0.751. The van der Waals surface area contributed by atoms with Crippen LogP contribution in [0.2, 0.25) is 5.02 Å². The van der Waals surface area contributed by atoms with Crippen LogP contribution in [-0.4, -0.2) is 20.7 Å². The fraction of sp³-hybridized carbons (Fsp3) is 0.167. The van der Waals surface area contributed by atoms with Gasteiger partial charge in [-0.05, 0) is 23.1 Å². The number of ketones is 1. The number of halogens is 2. The predicted molar refractivity (Wildman–Crippen MR) is 77.2 cm³/mol. The number of aryl methyl sites for hydroxylation is 1. The molecule has 0 saturated carbocycles. The average molecular weight is 359 g/mol. The van der Waals surface area contributed by atoms with E-state index in [9.17, 15) is 14.9 Å². The Hall–Kier alpha value is -1.73. The molecule has 0 unspecified atom stereocenters. The second-order valence-electron chi connectivity index (χ2n) is 4.10. The Bertz CT molecular complexity index is 699. The highest BCUT2D eigenvalue weighted by atomic mass is 79.9. The Morgan fingerprint density at radius 1 is 1.55 bits per heavy atom. The van der Waals surface area contributed by atoms with Crippen LogP contribution in [0.1, 0.15) is 21.9 Å². The molecule has 2 rings (SSSR count). The molecule has 1 aromatic heterocycles. The van der Waals surface area contributed by atoms with Crippen molar-refractivity contribution in [3.63, 3.8) is 0 Å². The van der Waals surface area contributed by atoms with E-state index >= 15 is 0 Å². The highest BCUT2D eigenvalue weighted by Crippen LogP contribution is 2.24. The third-order valence-corrected chi connectivity index (χ3v) is 3.42. The first kappa shape index (κ1) is 14.7. The van der Waals surface area contributed by atoms with Crippen molar-refractivity contribution in [1.29, 1.82) is 0 Å². The van der Waals surface area contributed by atoms with Gasteiger partial charge in [-0.3, -0.25) is 4.79 Å². The monoisotopic (exact) mass is 357 g/mol. The van der Waals surface area contributed by atoms with Gasteiger partial charge in [0, 0.05) is 17.0 Å². The van der Waals surface area contributed by atoms with Crippen molar-refractivity contribution in [2.45, 2.75) is 13.3 Å². The van der Waals surface area contributed by atoms with E-state index in [1.54, 1.807) is 25.1 Å². The summed E-state index contributed by atoms with van der Waals surface area (Å²) in [4.78, 5) is 28.9. The minimum absolute atomic E-state index is 0.108. The lowest BCUT2D eigenvalue weighted by Crippen LogP contribution is -2.06. The number of carbonyl (C=O) groups excluding carboxylic acids is 1. The van der Waals surface area contributed by atoms with Crippen LogP contribution < -0.4 is 0 Å². The number of Topliss-reactive ketones (excluding diaryl/α,β-unsaturated/α-hetero) is 1. The maximum atomic E-state index is 12.2. The molecule has 0 radical (unpaired) electrons. The van der Waals surface area contributed by atoms with Gasteiger partial charge in [0.2, 0.25) is 0 Å². The van der Waals surface area contributed by atoms with Crippen molar-refractivity contribution in [3.05, 3.63) is 54.9 Å². The molecule has 2 aromatic rings. The topological polar surface area (TPSA) is 88.9 Å². The molecule has 104 valence electrons. The average Bonchev–Trinajstić information content (AvgIpc) is 2.70. The number of H-pyrrole nitrogens is 1. The van der Waals surface area contributed by atoms with E-state index in [0.717, 1.165) is 4.47 Å². The number of benzene rings is 1. The Morgan fingerprint density at radius 2 is 2.25 bits per heavy atom. The van der Waals surface area contributed by atoms with Crippen molar-refractivity contribution in [2.75, 3.05) is 0 Å². The second kappa shape index (κ2) is 5.72. The number of nitro groups is 1. The Labute approximate surface area is 127 Å². The van der Waals surface area contributed by atoms with Crippen LogP contribution in [0.5, 0.6) is 0 Å². The number of nitrogens with one attached hydrogen (secondary N) is 1. The summed E-state index contributed by atoms with van der Waals surface area (Å²) in [7, 11) is 0. The number of carbonyl (C=O) groups is 1. The lowest BCUT2D eigenvalue weighted by atomic mass is 10.1. The first-order valence-electron chi connectivity index (χ1n) is 5.56. The van der Waals surface area contributed by atoms with Crippen LogP contribution >= 0.6 is 27.5 Å². The molecule has 1 aromatic carbocycles. The standard InChI is InChI=1S/C12H9BrClN3O3/c1-6-15-10(12(16-6)17(19)20)5-11(18)8-3-2-7(13)4-9(8)14/h2-4H,5H2,1H3,(H,15,16). The van der Waals surface area contributed by atoms with Crippen molar-refractivity contribution < 1.29 is 9.72 Å².